The molecule has 4 aromatic rings. The molecule has 248 valence electrons. The van der Waals surface area contributed by atoms with E-state index in [1.54, 1.807) is 23.1 Å². The van der Waals surface area contributed by atoms with Crippen LogP contribution in [0.3, 0.4) is 0 Å². The second-order valence-corrected chi connectivity index (χ2v) is 16.5. The number of nitrogens with zero attached hydrogens (tertiary/aromatic N) is 3. The normalized spacial score (nSPS) is 16.0. The third-order valence-electron chi connectivity index (χ3n) is 6.84. The fourth-order valence-electron chi connectivity index (χ4n) is 4.90. The Morgan fingerprint density at radius 3 is 2.53 bits per heavy atom. The second-order valence-electron chi connectivity index (χ2n) is 10.1. The quantitative estimate of drug-likeness (QED) is 0.116. The number of thiophene rings is 1. The Morgan fingerprint density at radius 2 is 1.83 bits per heavy atom. The van der Waals surface area contributed by atoms with Crippen molar-refractivity contribution in [1.29, 1.82) is 0 Å². The van der Waals surface area contributed by atoms with Gasteiger partial charge in [0.25, 0.3) is 25.5 Å². The molecule has 1 aromatic carbocycles. The van der Waals surface area contributed by atoms with Gasteiger partial charge in [0, 0.05) is 23.6 Å². The minimum Gasteiger partial charge on any atom is -0.480 e. The summed E-state index contributed by atoms with van der Waals surface area (Å²) in [5, 5.41) is 19.6. The van der Waals surface area contributed by atoms with Crippen molar-refractivity contribution < 1.29 is 51.2 Å². The fraction of sp³-hybridized carbons (Fsp3) is 0.259. The molecule has 2 aliphatic heterocycles. The number of fused-ring (bicyclic) bond motifs is 3. The van der Waals surface area contributed by atoms with Crippen molar-refractivity contribution in [2.75, 3.05) is 24.0 Å². The lowest BCUT2D eigenvalue weighted by Crippen LogP contribution is -2.39. The van der Waals surface area contributed by atoms with Gasteiger partial charge in [-0.2, -0.15) is 13.0 Å². The summed E-state index contributed by atoms with van der Waals surface area (Å²) < 4.78 is 62.3. The molecule has 0 fully saturated rings. The molecule has 0 radical (unpaired) electrons. The molecule has 0 unspecified atom stereocenters. The van der Waals surface area contributed by atoms with Gasteiger partial charge in [-0.05, 0) is 25.0 Å². The molecular weight excluding hydrogens is 741 g/mol. The van der Waals surface area contributed by atoms with E-state index in [1.165, 1.54) is 33.3 Å². The Labute approximate surface area is 285 Å². The summed E-state index contributed by atoms with van der Waals surface area (Å²) in [6, 6.07) is 5.05. The van der Waals surface area contributed by atoms with Gasteiger partial charge < -0.3 is 24.6 Å². The number of hydrogen-bond acceptors (Lipinski definition) is 12. The number of rotatable bonds is 11. The molecule has 0 bridgehead atoms. The van der Waals surface area contributed by atoms with Crippen LogP contribution in [0, 0.1) is 0 Å². The van der Waals surface area contributed by atoms with Crippen molar-refractivity contribution in [2.45, 2.75) is 30.8 Å². The summed E-state index contributed by atoms with van der Waals surface area (Å²) in [7, 11) is -4.18. The first-order valence-electron chi connectivity index (χ1n) is 13.5. The zero-order valence-corrected chi connectivity index (χ0v) is 28.5. The Kier molecular flexibility index (Phi) is 9.40. The van der Waals surface area contributed by atoms with E-state index in [1.807, 2.05) is 0 Å². The average molecular weight is 763 g/mol. The highest BCUT2D eigenvalue weighted by Gasteiger charge is 2.31. The first-order valence-corrected chi connectivity index (χ1v) is 18.7. The maximum Gasteiger partial charge on any atom is 0.370 e. The van der Waals surface area contributed by atoms with Gasteiger partial charge in [0.1, 0.15) is 25.3 Å². The fourth-order valence-corrected chi connectivity index (χ4v) is 10.3. The summed E-state index contributed by atoms with van der Waals surface area (Å²) in [6.45, 7) is -0.935. The molecule has 47 heavy (non-hydrogen) atoms. The number of benzene rings is 1. The SMILES string of the molecule is O=C(O)Cn1c(=Cc2sc3cc(Cl)sc3[n+]2CC(=O)O)sc(=CC(F)=C2Sc3cc4c(cc3N2CCCCS(=O)(=O)O)OCO4)c1=O. The number of carboxylic acids is 2. The van der Waals surface area contributed by atoms with Crippen LogP contribution in [0.25, 0.3) is 21.7 Å². The Morgan fingerprint density at radius 1 is 1.09 bits per heavy atom. The number of carboxylic acid groups (broad SMARTS) is 2. The number of allylic oxidation sites excluding steroid dienone is 1. The molecule has 0 amide bonds. The summed E-state index contributed by atoms with van der Waals surface area (Å²) in [4.78, 5) is 39.7. The molecule has 3 N–H and O–H groups in total. The number of thioether (sulfide) groups is 1. The molecule has 13 nitrogen and oxygen atoms in total. The lowest BCUT2D eigenvalue weighted by molar-refractivity contribution is -0.655. The van der Waals surface area contributed by atoms with Crippen LogP contribution in [-0.2, 0) is 32.8 Å². The largest absolute Gasteiger partial charge is 0.480 e. The van der Waals surface area contributed by atoms with Crippen LogP contribution in [0.5, 0.6) is 11.5 Å². The number of aromatic nitrogens is 2. The van der Waals surface area contributed by atoms with E-state index >= 15 is 4.39 Å². The maximum atomic E-state index is 16.2. The lowest BCUT2D eigenvalue weighted by Gasteiger charge is -2.20. The molecule has 5 heterocycles. The number of aliphatic carboxylic acids is 2. The summed E-state index contributed by atoms with van der Waals surface area (Å²) >= 11 is 10.4. The number of carbonyl (C=O) groups is 2. The molecule has 0 saturated carbocycles. The molecule has 6 rings (SSSR count). The predicted molar refractivity (Wildman–Crippen MR) is 176 cm³/mol. The van der Waals surface area contributed by atoms with Crippen LogP contribution in [-0.4, -0.2) is 58.8 Å². The van der Waals surface area contributed by atoms with Crippen LogP contribution < -0.4 is 33.7 Å². The maximum absolute atomic E-state index is 16.2. The Balaban J connectivity index is 1.44. The minimum absolute atomic E-state index is 0.0239. The van der Waals surface area contributed by atoms with Crippen LogP contribution in [0.1, 0.15) is 17.8 Å². The number of unbranched alkanes of at least 4 members (excludes halogenated alkanes) is 1. The molecule has 3 aromatic heterocycles. The number of thiazole rings is 2. The van der Waals surface area contributed by atoms with Gasteiger partial charge in [0.05, 0.1) is 22.0 Å². The molecule has 20 heteroatoms. The zero-order valence-electron chi connectivity index (χ0n) is 23.7. The minimum atomic E-state index is -4.18. The van der Waals surface area contributed by atoms with Crippen molar-refractivity contribution >= 4 is 107 Å². The molecule has 0 atom stereocenters. The van der Waals surface area contributed by atoms with E-state index in [9.17, 15) is 33.0 Å². The topological polar surface area (TPSA) is 177 Å². The third-order valence-corrected chi connectivity index (χ3v) is 12.4. The van der Waals surface area contributed by atoms with E-state index in [0.717, 1.165) is 33.7 Å². The number of halogens is 2. The summed E-state index contributed by atoms with van der Waals surface area (Å²) in [5.41, 5.74) is -0.180. The summed E-state index contributed by atoms with van der Waals surface area (Å²) in [6.07, 6.45) is 2.89. The average Bonchev–Trinajstić information content (AvgIpc) is 3.78. The van der Waals surface area contributed by atoms with Gasteiger partial charge in [0.15, 0.2) is 17.3 Å². The van der Waals surface area contributed by atoms with Gasteiger partial charge >= 0.3 is 11.9 Å². The van der Waals surface area contributed by atoms with Gasteiger partial charge in [-0.15, -0.1) is 11.3 Å². The molecule has 2 aliphatic rings. The van der Waals surface area contributed by atoms with Gasteiger partial charge in [0.2, 0.25) is 13.3 Å². The number of ether oxygens (including phenoxy) is 2. The number of anilines is 1. The van der Waals surface area contributed by atoms with E-state index < -0.39 is 52.3 Å². The van der Waals surface area contributed by atoms with Gasteiger partial charge in [-0.3, -0.25) is 18.7 Å². The molecular formula is C27H22ClFN3O10S5+. The van der Waals surface area contributed by atoms with Crippen molar-refractivity contribution in [3.05, 3.63) is 57.9 Å². The van der Waals surface area contributed by atoms with Crippen molar-refractivity contribution in [3.63, 3.8) is 0 Å². The molecule has 0 aliphatic carbocycles. The highest BCUT2D eigenvalue weighted by molar-refractivity contribution is 8.03. The zero-order chi connectivity index (χ0) is 33.6. The highest BCUT2D eigenvalue weighted by Crippen LogP contribution is 2.52. The molecule has 0 spiro atoms. The van der Waals surface area contributed by atoms with E-state index in [2.05, 4.69) is 0 Å². The van der Waals surface area contributed by atoms with E-state index in [4.69, 9.17) is 25.6 Å². The van der Waals surface area contributed by atoms with Crippen molar-refractivity contribution in [1.82, 2.24) is 4.57 Å². The Hall–Kier alpha value is -3.46. The standard InChI is InChI=1S/C27H21ClFN3O10S5/c28-20-8-19-27(46-20)32(11-24(35)36)22(44-19)9-21-31(10-23(33)34)25(37)18(43-21)5-13(29)26-30(3-1-2-4-47(38,39)40)14-6-15-16(42-12-41-15)7-17(14)45-26/h5-9H,1-4,10-12H2,(H2-,33,34,35,36,38,39,40)/p+1. The van der Waals surface area contributed by atoms with Crippen LogP contribution in [0.2, 0.25) is 4.34 Å². The second kappa shape index (κ2) is 13.2. The van der Waals surface area contributed by atoms with E-state index in [-0.39, 0.29) is 40.4 Å². The lowest BCUT2D eigenvalue weighted by atomic mass is 10.2. The first-order chi connectivity index (χ1) is 22.3. The number of hydrogen-bond donors (Lipinski definition) is 3. The first kappa shape index (κ1) is 33.4. The third kappa shape index (κ3) is 7.20. The smallest absolute Gasteiger partial charge is 0.370 e. The monoisotopic (exact) mass is 762 g/mol. The molecule has 0 saturated heterocycles. The van der Waals surface area contributed by atoms with Crippen LogP contribution in [0.15, 0.2) is 38.7 Å². The van der Waals surface area contributed by atoms with Gasteiger partial charge in [-0.25, -0.2) is 9.18 Å². The van der Waals surface area contributed by atoms with Crippen molar-refractivity contribution in [2.24, 2.45) is 0 Å². The summed E-state index contributed by atoms with van der Waals surface area (Å²) in [5.74, 6) is -2.77. The van der Waals surface area contributed by atoms with E-state index in [0.29, 0.717) is 41.0 Å². The van der Waals surface area contributed by atoms with Gasteiger partial charge in [-0.1, -0.05) is 46.0 Å². The van der Waals surface area contributed by atoms with Crippen molar-refractivity contribution in [3.8, 4) is 11.5 Å². The van der Waals surface area contributed by atoms with Crippen LogP contribution in [0.4, 0.5) is 10.1 Å². The van der Waals surface area contributed by atoms with Crippen LogP contribution >= 0.6 is 57.4 Å². The predicted octanol–water partition coefficient (Wildman–Crippen LogP) is 3.05. The Bertz CT molecular complexity index is 2270. The highest BCUT2D eigenvalue weighted by atomic mass is 35.5.